The lowest BCUT2D eigenvalue weighted by molar-refractivity contribution is 0.660. The highest BCUT2D eigenvalue weighted by molar-refractivity contribution is 6.02. The molecule has 9 aromatic carbocycles. The molecule has 0 aromatic heterocycles. The van der Waals surface area contributed by atoms with Crippen LogP contribution in [0.2, 0.25) is 0 Å². The molecule has 0 aliphatic heterocycles. The second-order valence-electron chi connectivity index (χ2n) is 17.7. The van der Waals surface area contributed by atoms with E-state index in [0.29, 0.717) is 0 Å². The van der Waals surface area contributed by atoms with Crippen LogP contribution in [0.15, 0.2) is 212 Å². The predicted molar refractivity (Wildman–Crippen MR) is 258 cm³/mol. The van der Waals surface area contributed by atoms with Gasteiger partial charge in [-0.15, -0.1) is 0 Å². The molecule has 1 heteroatoms. The Kier molecular flexibility index (Phi) is 8.58. The van der Waals surface area contributed by atoms with Gasteiger partial charge in [0.1, 0.15) is 0 Å². The molecule has 0 radical (unpaired) electrons. The van der Waals surface area contributed by atoms with Gasteiger partial charge in [0.15, 0.2) is 0 Å². The van der Waals surface area contributed by atoms with Gasteiger partial charge in [-0.05, 0) is 125 Å². The molecule has 0 bridgehead atoms. The first-order valence-corrected chi connectivity index (χ1v) is 21.5. The number of hydrogen-bond donors (Lipinski definition) is 0. The van der Waals surface area contributed by atoms with Gasteiger partial charge in [0.2, 0.25) is 0 Å². The molecule has 0 N–H and O–H groups in total. The minimum atomic E-state index is -0.196. The van der Waals surface area contributed by atoms with Gasteiger partial charge in [-0.3, -0.25) is 0 Å². The van der Waals surface area contributed by atoms with Gasteiger partial charge in [-0.25, -0.2) is 0 Å². The number of hydrogen-bond acceptors (Lipinski definition) is 1. The summed E-state index contributed by atoms with van der Waals surface area (Å²) in [5, 5.41) is 0. The maximum Gasteiger partial charge on any atom is 0.0462 e. The fourth-order valence-electron chi connectivity index (χ4n) is 10.5. The molecule has 2 aliphatic rings. The van der Waals surface area contributed by atoms with Crippen LogP contribution in [0.1, 0.15) is 49.9 Å². The third kappa shape index (κ3) is 5.91. The topological polar surface area (TPSA) is 3.24 Å². The summed E-state index contributed by atoms with van der Waals surface area (Å²) in [4.78, 5) is 2.37. The standard InChI is InChI=1S/C60H47N/c1-59(2)53-23-13-11-20-51(53)56-49(22-15-25-55(56)59)50-39-38-48(58-57(50)52-21-12-14-24-54(52)60(58,3)4)44-30-36-47(37-31-44)61(45-32-26-42(27-33-45)40-16-7-5-8-17-40)46-34-28-43(29-35-46)41-18-9-6-10-19-41/h5-39H,1-4H3. The van der Waals surface area contributed by atoms with Crippen molar-refractivity contribution in [1.29, 1.82) is 0 Å². The Morgan fingerprint density at radius 2 is 0.639 bits per heavy atom. The van der Waals surface area contributed by atoms with E-state index in [-0.39, 0.29) is 10.8 Å². The molecule has 1 nitrogen and oxygen atoms in total. The van der Waals surface area contributed by atoms with Crippen molar-refractivity contribution in [3.8, 4) is 66.8 Å². The van der Waals surface area contributed by atoms with Crippen LogP contribution in [0.5, 0.6) is 0 Å². The van der Waals surface area contributed by atoms with E-state index in [9.17, 15) is 0 Å². The van der Waals surface area contributed by atoms with Crippen molar-refractivity contribution in [3.63, 3.8) is 0 Å². The van der Waals surface area contributed by atoms with E-state index in [2.05, 4.69) is 245 Å². The number of fused-ring (bicyclic) bond motifs is 6. The molecule has 2 aliphatic carbocycles. The zero-order valence-electron chi connectivity index (χ0n) is 35.2. The molecule has 292 valence electrons. The van der Waals surface area contributed by atoms with E-state index in [4.69, 9.17) is 0 Å². The first-order valence-electron chi connectivity index (χ1n) is 21.5. The second kappa shape index (κ2) is 14.2. The van der Waals surface area contributed by atoms with E-state index in [1.54, 1.807) is 0 Å². The van der Waals surface area contributed by atoms with E-state index < -0.39 is 0 Å². The molecule has 0 atom stereocenters. The van der Waals surface area contributed by atoms with Crippen molar-refractivity contribution in [2.45, 2.75) is 38.5 Å². The highest BCUT2D eigenvalue weighted by Gasteiger charge is 2.41. The van der Waals surface area contributed by atoms with Crippen LogP contribution in [-0.2, 0) is 10.8 Å². The zero-order chi connectivity index (χ0) is 41.3. The van der Waals surface area contributed by atoms with Gasteiger partial charge in [0.05, 0.1) is 0 Å². The third-order valence-electron chi connectivity index (χ3n) is 13.5. The Morgan fingerprint density at radius 3 is 1.18 bits per heavy atom. The van der Waals surface area contributed by atoms with Gasteiger partial charge in [-0.2, -0.15) is 0 Å². The Balaban J connectivity index is 1.04. The average molecular weight is 782 g/mol. The molecule has 0 unspecified atom stereocenters. The predicted octanol–water partition coefficient (Wildman–Crippen LogP) is 16.4. The Labute approximate surface area is 360 Å². The normalized spacial score (nSPS) is 13.8. The van der Waals surface area contributed by atoms with E-state index in [1.807, 2.05) is 0 Å². The van der Waals surface area contributed by atoms with Crippen molar-refractivity contribution in [3.05, 3.63) is 235 Å². The fourth-order valence-corrected chi connectivity index (χ4v) is 10.5. The molecular formula is C60H47N. The average Bonchev–Trinajstić information content (AvgIpc) is 3.70. The van der Waals surface area contributed by atoms with Crippen molar-refractivity contribution in [2.24, 2.45) is 0 Å². The molecular weight excluding hydrogens is 735 g/mol. The number of rotatable bonds is 7. The molecule has 0 fully saturated rings. The monoisotopic (exact) mass is 781 g/mol. The first kappa shape index (κ1) is 36.8. The lowest BCUT2D eigenvalue weighted by atomic mass is 9.77. The minimum Gasteiger partial charge on any atom is -0.311 e. The quantitative estimate of drug-likeness (QED) is 0.156. The maximum atomic E-state index is 2.41. The van der Waals surface area contributed by atoms with Crippen LogP contribution in [0, 0.1) is 0 Å². The second-order valence-corrected chi connectivity index (χ2v) is 17.7. The lowest BCUT2D eigenvalue weighted by Gasteiger charge is -2.27. The molecule has 61 heavy (non-hydrogen) atoms. The smallest absolute Gasteiger partial charge is 0.0462 e. The SMILES string of the molecule is CC1(C)c2ccccc2-c2c(-c3ccc(-c4ccc(N(c5ccc(-c6ccccc6)cc5)c5ccc(-c6ccccc6)cc5)cc4)c4c3-c3ccccc3C4(C)C)cccc21. The molecule has 0 spiro atoms. The van der Waals surface area contributed by atoms with Gasteiger partial charge >= 0.3 is 0 Å². The minimum absolute atomic E-state index is 0.0638. The summed E-state index contributed by atoms with van der Waals surface area (Å²) in [7, 11) is 0. The Bertz CT molecular complexity index is 3000. The van der Waals surface area contributed by atoms with E-state index in [1.165, 1.54) is 89.0 Å². The van der Waals surface area contributed by atoms with Crippen molar-refractivity contribution in [2.75, 3.05) is 4.90 Å². The fraction of sp³-hybridized carbons (Fsp3) is 0.100. The van der Waals surface area contributed by atoms with Gasteiger partial charge in [0, 0.05) is 27.9 Å². The van der Waals surface area contributed by atoms with Crippen LogP contribution in [0.25, 0.3) is 66.8 Å². The van der Waals surface area contributed by atoms with Crippen molar-refractivity contribution < 1.29 is 0 Å². The maximum absolute atomic E-state index is 2.41. The van der Waals surface area contributed by atoms with Crippen LogP contribution in [0.4, 0.5) is 17.1 Å². The highest BCUT2D eigenvalue weighted by atomic mass is 15.1. The highest BCUT2D eigenvalue weighted by Crippen LogP contribution is 2.58. The summed E-state index contributed by atoms with van der Waals surface area (Å²) in [6.45, 7) is 9.57. The number of nitrogens with zero attached hydrogens (tertiary/aromatic N) is 1. The summed E-state index contributed by atoms with van der Waals surface area (Å²) in [6.07, 6.45) is 0. The van der Waals surface area contributed by atoms with Crippen LogP contribution in [0.3, 0.4) is 0 Å². The largest absolute Gasteiger partial charge is 0.311 e. The first-order chi connectivity index (χ1) is 29.8. The molecule has 0 saturated heterocycles. The summed E-state index contributed by atoms with van der Waals surface area (Å²) in [5.41, 5.74) is 24.0. The zero-order valence-corrected chi connectivity index (χ0v) is 35.2. The van der Waals surface area contributed by atoms with E-state index >= 15 is 0 Å². The molecule has 11 rings (SSSR count). The van der Waals surface area contributed by atoms with E-state index in [0.717, 1.165) is 17.1 Å². The Morgan fingerprint density at radius 1 is 0.262 bits per heavy atom. The summed E-state index contributed by atoms with van der Waals surface area (Å²) in [5.74, 6) is 0. The van der Waals surface area contributed by atoms with Crippen LogP contribution >= 0.6 is 0 Å². The summed E-state index contributed by atoms with van der Waals surface area (Å²) in [6, 6.07) is 78.2. The molecule has 0 amide bonds. The number of benzene rings is 9. The Hall–Kier alpha value is -7.22. The summed E-state index contributed by atoms with van der Waals surface area (Å²) < 4.78 is 0. The van der Waals surface area contributed by atoms with Gasteiger partial charge in [-0.1, -0.05) is 204 Å². The van der Waals surface area contributed by atoms with Gasteiger partial charge in [0.25, 0.3) is 0 Å². The van der Waals surface area contributed by atoms with Crippen LogP contribution in [-0.4, -0.2) is 0 Å². The molecule has 0 saturated carbocycles. The number of anilines is 3. The van der Waals surface area contributed by atoms with Crippen molar-refractivity contribution in [1.82, 2.24) is 0 Å². The lowest BCUT2D eigenvalue weighted by Crippen LogP contribution is -2.16. The summed E-state index contributed by atoms with van der Waals surface area (Å²) >= 11 is 0. The van der Waals surface area contributed by atoms with Gasteiger partial charge < -0.3 is 4.90 Å². The molecule has 9 aromatic rings. The van der Waals surface area contributed by atoms with Crippen LogP contribution < -0.4 is 4.90 Å². The third-order valence-corrected chi connectivity index (χ3v) is 13.5. The molecule has 0 heterocycles. The van der Waals surface area contributed by atoms with Crippen molar-refractivity contribution >= 4 is 17.1 Å².